The summed E-state index contributed by atoms with van der Waals surface area (Å²) in [7, 11) is 3.62. The second-order valence-corrected chi connectivity index (χ2v) is 10.6. The normalized spacial score (nSPS) is 17.1. The highest BCUT2D eigenvalue weighted by atomic mass is 19.1. The Morgan fingerprint density at radius 3 is 2.81 bits per heavy atom. The average Bonchev–Trinajstić information content (AvgIpc) is 3.63. The molecule has 1 aromatic carbocycles. The lowest BCUT2D eigenvalue weighted by molar-refractivity contribution is 0.0800. The monoisotopic (exact) mass is 571 g/mol. The van der Waals surface area contributed by atoms with Gasteiger partial charge in [-0.3, -0.25) is 4.79 Å². The Labute approximate surface area is 242 Å². The Kier molecular flexibility index (Phi) is 8.39. The van der Waals surface area contributed by atoms with Gasteiger partial charge in [0.25, 0.3) is 5.56 Å². The lowest BCUT2D eigenvalue weighted by Crippen LogP contribution is -2.36. The number of pyridine rings is 1. The Bertz CT molecular complexity index is 1790. The summed E-state index contributed by atoms with van der Waals surface area (Å²) >= 11 is 0. The number of likely N-dealkylation sites (tertiary alicyclic amines) is 1. The summed E-state index contributed by atoms with van der Waals surface area (Å²) in [6.45, 7) is 3.69. The van der Waals surface area contributed by atoms with Gasteiger partial charge in [0, 0.05) is 43.4 Å². The first-order valence-electron chi connectivity index (χ1n) is 13.7. The molecule has 0 aliphatic carbocycles. The van der Waals surface area contributed by atoms with Crippen LogP contribution < -0.4 is 10.3 Å². The van der Waals surface area contributed by atoms with Crippen LogP contribution in [0.1, 0.15) is 43.0 Å². The van der Waals surface area contributed by atoms with Crippen LogP contribution >= 0.6 is 0 Å². The molecule has 8 nitrogen and oxygen atoms in total. The van der Waals surface area contributed by atoms with Crippen molar-refractivity contribution in [2.75, 3.05) is 20.2 Å². The summed E-state index contributed by atoms with van der Waals surface area (Å²) in [6, 6.07) is 8.06. The maximum atomic E-state index is 14.8. The number of aromatic nitrogens is 4. The molecule has 4 heterocycles. The Morgan fingerprint density at radius 2 is 2.02 bits per heavy atom. The Balaban J connectivity index is 1.41. The molecule has 0 spiro atoms. The molecule has 0 saturated carbocycles. The highest BCUT2D eigenvalue weighted by Crippen LogP contribution is 2.33. The maximum absolute atomic E-state index is 14.8. The number of H-pyrrole nitrogens is 1. The lowest BCUT2D eigenvalue weighted by atomic mass is 9.84. The Hall–Kier alpha value is -4.51. The molecule has 4 aromatic rings. The fourth-order valence-corrected chi connectivity index (χ4v) is 5.42. The van der Waals surface area contributed by atoms with E-state index in [0.717, 1.165) is 31.2 Å². The van der Waals surface area contributed by atoms with Crippen molar-refractivity contribution in [3.63, 3.8) is 0 Å². The molecule has 216 valence electrons. The van der Waals surface area contributed by atoms with Crippen LogP contribution in [0.5, 0.6) is 6.01 Å². The second kappa shape index (κ2) is 12.2. The zero-order chi connectivity index (χ0) is 29.9. The first-order valence-corrected chi connectivity index (χ1v) is 13.7. The van der Waals surface area contributed by atoms with Crippen LogP contribution in [0, 0.1) is 41.2 Å². The largest absolute Gasteiger partial charge is 0.463 e. The van der Waals surface area contributed by atoms with Gasteiger partial charge in [-0.15, -0.1) is 0 Å². The summed E-state index contributed by atoms with van der Waals surface area (Å²) in [4.78, 5) is 27.2. The molecule has 5 rings (SSSR count). The topological polar surface area (TPSA) is 96.3 Å². The molecular weight excluding hydrogens is 540 g/mol. The van der Waals surface area contributed by atoms with E-state index in [1.165, 1.54) is 36.4 Å². The van der Waals surface area contributed by atoms with Crippen LogP contribution in [-0.2, 0) is 12.6 Å². The van der Waals surface area contributed by atoms with Crippen molar-refractivity contribution >= 4 is 11.0 Å². The van der Waals surface area contributed by atoms with Gasteiger partial charge < -0.3 is 24.3 Å². The van der Waals surface area contributed by atoms with E-state index in [2.05, 4.69) is 57.5 Å². The van der Waals surface area contributed by atoms with Crippen LogP contribution in [0.4, 0.5) is 8.78 Å². The molecule has 0 radical (unpaired) electrons. The molecule has 0 amide bonds. The fourth-order valence-electron chi connectivity index (χ4n) is 5.42. The number of halogens is 2. The molecule has 1 saturated heterocycles. The standard InChI is InChI=1S/C32H31F2N5O3/c1-21(28-11-8-17-38(28)2)20-42-31-36-27(23-14-16-35-29(23)37-31)10-5-4-6-15-32(41,24-9-7-18-39(3)30(24)40)25-19-22(33)12-13-26(25)34/h7,9,12-14,16,18-19,21,28,41H,8,11,15,17,20H2,1-3H3,(H,35,36,37)/t21?,28-,32?/m1/s1. The summed E-state index contributed by atoms with van der Waals surface area (Å²) in [5, 5.41) is 12.3. The summed E-state index contributed by atoms with van der Waals surface area (Å²) in [6.07, 6.45) is 5.12. The van der Waals surface area contributed by atoms with E-state index in [1.54, 1.807) is 12.3 Å². The first-order chi connectivity index (χ1) is 20.2. The predicted molar refractivity (Wildman–Crippen MR) is 155 cm³/mol. The van der Waals surface area contributed by atoms with E-state index in [0.29, 0.717) is 35.3 Å². The van der Waals surface area contributed by atoms with Crippen LogP contribution in [-0.4, -0.2) is 55.8 Å². The van der Waals surface area contributed by atoms with Gasteiger partial charge in [0.2, 0.25) is 0 Å². The molecule has 1 aliphatic heterocycles. The first kappa shape index (κ1) is 29.0. The minimum atomic E-state index is -2.22. The SMILES string of the molecule is CC(COc1nc(C#CC#CCC(O)(c2cc(F)ccc2F)c2cccn(C)c2=O)c2cc[nH]c2n1)[C@H]1CCCN1C. The third-order valence-corrected chi connectivity index (χ3v) is 7.72. The number of aliphatic hydroxyl groups is 1. The van der Waals surface area contributed by atoms with E-state index in [9.17, 15) is 18.7 Å². The molecule has 2 N–H and O–H groups in total. The van der Waals surface area contributed by atoms with Gasteiger partial charge in [0.05, 0.1) is 17.6 Å². The lowest BCUT2D eigenvalue weighted by Gasteiger charge is -2.27. The number of aromatic amines is 1. The van der Waals surface area contributed by atoms with E-state index < -0.39 is 34.8 Å². The van der Waals surface area contributed by atoms with E-state index >= 15 is 0 Å². The summed E-state index contributed by atoms with van der Waals surface area (Å²) < 4.78 is 36.1. The van der Waals surface area contributed by atoms with Gasteiger partial charge in [-0.25, -0.2) is 8.78 Å². The van der Waals surface area contributed by atoms with Crippen molar-refractivity contribution < 1.29 is 18.6 Å². The van der Waals surface area contributed by atoms with Gasteiger partial charge in [-0.2, -0.15) is 9.97 Å². The number of benzene rings is 1. The van der Waals surface area contributed by atoms with Crippen molar-refractivity contribution in [2.45, 2.75) is 37.8 Å². The van der Waals surface area contributed by atoms with Crippen LogP contribution in [0.25, 0.3) is 11.0 Å². The van der Waals surface area contributed by atoms with Crippen molar-refractivity contribution in [1.82, 2.24) is 24.4 Å². The predicted octanol–water partition coefficient (Wildman–Crippen LogP) is 3.73. The van der Waals surface area contributed by atoms with E-state index in [1.807, 2.05) is 0 Å². The Morgan fingerprint density at radius 1 is 1.19 bits per heavy atom. The molecule has 1 aliphatic rings. The maximum Gasteiger partial charge on any atom is 0.319 e. The zero-order valence-electron chi connectivity index (χ0n) is 23.6. The fraction of sp³-hybridized carbons (Fsp3) is 0.344. The number of ether oxygens (including phenoxy) is 1. The molecule has 3 aromatic heterocycles. The molecule has 3 atom stereocenters. The third-order valence-electron chi connectivity index (χ3n) is 7.72. The van der Waals surface area contributed by atoms with Crippen LogP contribution in [0.2, 0.25) is 0 Å². The van der Waals surface area contributed by atoms with E-state index in [4.69, 9.17) is 4.74 Å². The third kappa shape index (κ3) is 5.91. The highest BCUT2D eigenvalue weighted by Gasteiger charge is 2.36. The number of hydrogen-bond acceptors (Lipinski definition) is 6. The zero-order valence-corrected chi connectivity index (χ0v) is 23.6. The average molecular weight is 572 g/mol. The van der Waals surface area contributed by atoms with Crippen molar-refractivity contribution in [1.29, 1.82) is 0 Å². The quantitative estimate of drug-likeness (QED) is 0.329. The molecular formula is C32H31F2N5O3. The molecule has 42 heavy (non-hydrogen) atoms. The van der Waals surface area contributed by atoms with Crippen molar-refractivity contribution in [3.05, 3.63) is 87.6 Å². The number of aryl methyl sites for hydroxylation is 1. The minimum Gasteiger partial charge on any atom is -0.463 e. The number of nitrogens with zero attached hydrogens (tertiary/aromatic N) is 4. The molecule has 10 heteroatoms. The van der Waals surface area contributed by atoms with E-state index in [-0.39, 0.29) is 11.6 Å². The smallest absolute Gasteiger partial charge is 0.319 e. The number of rotatable bonds is 7. The molecule has 0 bridgehead atoms. The number of hydrogen-bond donors (Lipinski definition) is 2. The van der Waals surface area contributed by atoms with Crippen LogP contribution in [0.15, 0.2) is 53.6 Å². The minimum absolute atomic E-state index is 0.135. The van der Waals surface area contributed by atoms with Crippen molar-refractivity contribution in [3.8, 4) is 29.7 Å². The highest BCUT2D eigenvalue weighted by molar-refractivity contribution is 5.81. The van der Waals surface area contributed by atoms with Gasteiger partial charge in [-0.05, 0) is 80.6 Å². The summed E-state index contributed by atoms with van der Waals surface area (Å²) in [5.41, 5.74) is -2.33. The number of fused-ring (bicyclic) bond motifs is 1. The van der Waals surface area contributed by atoms with Crippen molar-refractivity contribution in [2.24, 2.45) is 13.0 Å². The molecule has 1 fully saturated rings. The number of nitrogens with one attached hydrogen (secondary N) is 1. The van der Waals surface area contributed by atoms with Crippen LogP contribution in [0.3, 0.4) is 0 Å². The summed E-state index contributed by atoms with van der Waals surface area (Å²) in [5.74, 6) is 9.67. The second-order valence-electron chi connectivity index (χ2n) is 10.6. The van der Waals surface area contributed by atoms with Gasteiger partial charge in [0.15, 0.2) is 0 Å². The van der Waals surface area contributed by atoms with Gasteiger partial charge >= 0.3 is 6.01 Å². The van der Waals surface area contributed by atoms with Gasteiger partial charge in [0.1, 0.15) is 28.6 Å². The molecule has 2 unspecified atom stereocenters. The van der Waals surface area contributed by atoms with Gasteiger partial charge in [-0.1, -0.05) is 12.8 Å².